The van der Waals surface area contributed by atoms with Gasteiger partial charge < -0.3 is 10.4 Å². The van der Waals surface area contributed by atoms with Gasteiger partial charge in [0.15, 0.2) is 0 Å². The third-order valence-electron chi connectivity index (χ3n) is 2.83. The summed E-state index contributed by atoms with van der Waals surface area (Å²) in [6.45, 7) is 0. The highest BCUT2D eigenvalue weighted by Crippen LogP contribution is 2.17. The topological polar surface area (TPSA) is 66.4 Å². The van der Waals surface area contributed by atoms with Crippen LogP contribution in [-0.4, -0.2) is 17.0 Å². The van der Waals surface area contributed by atoms with Crippen molar-refractivity contribution in [2.45, 2.75) is 18.9 Å². The zero-order valence-electron chi connectivity index (χ0n) is 10.8. The van der Waals surface area contributed by atoms with Gasteiger partial charge in [-0.3, -0.25) is 9.59 Å². The van der Waals surface area contributed by atoms with Crippen LogP contribution >= 0.6 is 11.3 Å². The smallest absolute Gasteiger partial charge is 0.305 e. The number of aliphatic carboxylic acids is 1. The number of carboxylic acid groups (broad SMARTS) is 1. The summed E-state index contributed by atoms with van der Waals surface area (Å²) in [4.78, 5) is 23.9. The van der Waals surface area contributed by atoms with E-state index in [9.17, 15) is 9.59 Å². The van der Waals surface area contributed by atoms with Gasteiger partial charge in [-0.2, -0.15) is 0 Å². The molecule has 2 N–H and O–H groups in total. The molecule has 20 heavy (non-hydrogen) atoms. The zero-order valence-corrected chi connectivity index (χ0v) is 11.6. The summed E-state index contributed by atoms with van der Waals surface area (Å²) >= 11 is 1.51. The number of thiophene rings is 1. The number of benzene rings is 1. The van der Waals surface area contributed by atoms with Gasteiger partial charge in [-0.25, -0.2) is 0 Å². The maximum Gasteiger partial charge on any atom is 0.305 e. The van der Waals surface area contributed by atoms with Crippen molar-refractivity contribution in [3.8, 4) is 0 Å². The molecule has 0 aliphatic rings. The molecule has 2 aromatic rings. The summed E-state index contributed by atoms with van der Waals surface area (Å²) in [5.41, 5.74) is 0.800. The normalized spacial score (nSPS) is 11.8. The van der Waals surface area contributed by atoms with Crippen LogP contribution in [-0.2, 0) is 16.0 Å². The lowest BCUT2D eigenvalue weighted by atomic mass is 10.0. The van der Waals surface area contributed by atoms with E-state index in [1.807, 2.05) is 47.8 Å². The van der Waals surface area contributed by atoms with E-state index >= 15 is 0 Å². The summed E-state index contributed by atoms with van der Waals surface area (Å²) in [6.07, 6.45) is 0.154. The van der Waals surface area contributed by atoms with Crippen molar-refractivity contribution in [3.63, 3.8) is 0 Å². The molecule has 0 aliphatic carbocycles. The highest BCUT2D eigenvalue weighted by atomic mass is 32.1. The lowest BCUT2D eigenvalue weighted by molar-refractivity contribution is -0.137. The predicted molar refractivity (Wildman–Crippen MR) is 77.6 cm³/mol. The third-order valence-corrected chi connectivity index (χ3v) is 3.71. The second-order valence-corrected chi connectivity index (χ2v) is 5.42. The van der Waals surface area contributed by atoms with E-state index in [-0.39, 0.29) is 18.7 Å². The predicted octanol–water partition coefficient (Wildman–Crippen LogP) is 2.62. The quantitative estimate of drug-likeness (QED) is 0.859. The first-order chi connectivity index (χ1) is 9.65. The molecule has 1 amide bonds. The van der Waals surface area contributed by atoms with Gasteiger partial charge in [-0.1, -0.05) is 36.4 Å². The van der Waals surface area contributed by atoms with Crippen LogP contribution in [0.25, 0.3) is 0 Å². The van der Waals surface area contributed by atoms with Gasteiger partial charge in [0.1, 0.15) is 0 Å². The average Bonchev–Trinajstić information content (AvgIpc) is 2.91. The number of amides is 1. The Bertz CT molecular complexity index is 566. The summed E-state index contributed by atoms with van der Waals surface area (Å²) in [5.74, 6) is -1.10. The number of carbonyl (C=O) groups is 2. The molecule has 0 radical (unpaired) electrons. The third kappa shape index (κ3) is 4.20. The molecule has 0 spiro atoms. The number of carbonyl (C=O) groups excluding carboxylic acids is 1. The van der Waals surface area contributed by atoms with Crippen molar-refractivity contribution >= 4 is 23.2 Å². The lowest BCUT2D eigenvalue weighted by Crippen LogP contribution is -2.31. The summed E-state index contributed by atoms with van der Waals surface area (Å²) < 4.78 is 0. The Hall–Kier alpha value is -2.14. The number of nitrogens with one attached hydrogen (secondary N) is 1. The maximum atomic E-state index is 12.0. The van der Waals surface area contributed by atoms with Gasteiger partial charge in [0.25, 0.3) is 0 Å². The Kier molecular flexibility index (Phi) is 4.90. The number of carboxylic acids is 1. The zero-order chi connectivity index (χ0) is 14.4. The van der Waals surface area contributed by atoms with Crippen molar-refractivity contribution in [2.75, 3.05) is 0 Å². The molecule has 1 unspecified atom stereocenters. The van der Waals surface area contributed by atoms with Gasteiger partial charge in [0.05, 0.1) is 18.9 Å². The van der Waals surface area contributed by atoms with Crippen LogP contribution in [0.5, 0.6) is 0 Å². The van der Waals surface area contributed by atoms with E-state index in [0.717, 1.165) is 10.4 Å². The highest BCUT2D eigenvalue weighted by molar-refractivity contribution is 7.10. The van der Waals surface area contributed by atoms with E-state index in [0.29, 0.717) is 0 Å². The Morgan fingerprint density at radius 1 is 1.15 bits per heavy atom. The molecule has 0 saturated heterocycles. The SMILES string of the molecule is O=C(O)CC(NC(=O)Cc1cccs1)c1ccccc1. The molecule has 104 valence electrons. The minimum absolute atomic E-state index is 0.125. The molecule has 0 bridgehead atoms. The van der Waals surface area contributed by atoms with Crippen molar-refractivity contribution < 1.29 is 14.7 Å². The lowest BCUT2D eigenvalue weighted by Gasteiger charge is -2.17. The standard InChI is InChI=1S/C15H15NO3S/c17-14(9-12-7-4-8-20-12)16-13(10-15(18)19)11-5-2-1-3-6-11/h1-8,13H,9-10H2,(H,16,17)(H,18,19). The molecule has 2 rings (SSSR count). The van der Waals surface area contributed by atoms with Gasteiger partial charge in [0.2, 0.25) is 5.91 Å². The first kappa shape index (κ1) is 14.3. The van der Waals surface area contributed by atoms with Crippen LogP contribution < -0.4 is 5.32 Å². The number of rotatable bonds is 6. The van der Waals surface area contributed by atoms with Crippen molar-refractivity contribution in [1.82, 2.24) is 5.32 Å². The minimum atomic E-state index is -0.935. The summed E-state index contributed by atoms with van der Waals surface area (Å²) in [7, 11) is 0. The second kappa shape index (κ2) is 6.86. The van der Waals surface area contributed by atoms with Gasteiger partial charge in [-0.15, -0.1) is 11.3 Å². The fraction of sp³-hybridized carbons (Fsp3) is 0.200. The van der Waals surface area contributed by atoms with Crippen LogP contribution in [0, 0.1) is 0 Å². The molecule has 1 atom stereocenters. The first-order valence-electron chi connectivity index (χ1n) is 6.23. The van der Waals surface area contributed by atoms with Crippen LogP contribution in [0.2, 0.25) is 0 Å². The fourth-order valence-corrected chi connectivity index (χ4v) is 2.63. The molecular weight excluding hydrogens is 274 g/mol. The Morgan fingerprint density at radius 3 is 2.50 bits per heavy atom. The number of hydrogen-bond acceptors (Lipinski definition) is 3. The Labute approximate surface area is 121 Å². The maximum absolute atomic E-state index is 12.0. The van der Waals surface area contributed by atoms with Gasteiger partial charge in [0, 0.05) is 4.88 Å². The fourth-order valence-electron chi connectivity index (χ4n) is 1.93. The Morgan fingerprint density at radius 2 is 1.90 bits per heavy atom. The van der Waals surface area contributed by atoms with Crippen LogP contribution in [0.3, 0.4) is 0 Å². The molecule has 1 heterocycles. The van der Waals surface area contributed by atoms with Crippen molar-refractivity contribution in [2.24, 2.45) is 0 Å². The molecule has 5 heteroatoms. The van der Waals surface area contributed by atoms with E-state index in [4.69, 9.17) is 5.11 Å². The van der Waals surface area contributed by atoms with Gasteiger partial charge >= 0.3 is 5.97 Å². The highest BCUT2D eigenvalue weighted by Gasteiger charge is 2.18. The number of hydrogen-bond donors (Lipinski definition) is 2. The molecule has 0 aliphatic heterocycles. The molecule has 4 nitrogen and oxygen atoms in total. The molecule has 0 saturated carbocycles. The van der Waals surface area contributed by atoms with Gasteiger partial charge in [-0.05, 0) is 17.0 Å². The average molecular weight is 289 g/mol. The van der Waals surface area contributed by atoms with Crippen LogP contribution in [0.1, 0.15) is 22.9 Å². The minimum Gasteiger partial charge on any atom is -0.481 e. The first-order valence-corrected chi connectivity index (χ1v) is 7.11. The summed E-state index contributed by atoms with van der Waals surface area (Å²) in [6, 6.07) is 12.4. The molecule has 1 aromatic carbocycles. The van der Waals surface area contributed by atoms with E-state index in [1.165, 1.54) is 11.3 Å². The summed E-state index contributed by atoms with van der Waals surface area (Å²) in [5, 5.41) is 13.7. The van der Waals surface area contributed by atoms with Crippen molar-refractivity contribution in [1.29, 1.82) is 0 Å². The second-order valence-electron chi connectivity index (χ2n) is 4.38. The molecule has 0 fully saturated rings. The molecule has 1 aromatic heterocycles. The van der Waals surface area contributed by atoms with E-state index in [2.05, 4.69) is 5.32 Å². The van der Waals surface area contributed by atoms with E-state index < -0.39 is 12.0 Å². The Balaban J connectivity index is 2.04. The van der Waals surface area contributed by atoms with Crippen molar-refractivity contribution in [3.05, 3.63) is 58.3 Å². The van der Waals surface area contributed by atoms with E-state index in [1.54, 1.807) is 0 Å². The monoisotopic (exact) mass is 289 g/mol. The van der Waals surface area contributed by atoms with Crippen LogP contribution in [0.4, 0.5) is 0 Å². The molecular formula is C15H15NO3S. The largest absolute Gasteiger partial charge is 0.481 e. The van der Waals surface area contributed by atoms with Crippen LogP contribution in [0.15, 0.2) is 47.8 Å².